The molecule has 1 saturated heterocycles. The third kappa shape index (κ3) is 5.17. The van der Waals surface area contributed by atoms with Crippen LogP contribution in [0.25, 0.3) is 0 Å². The summed E-state index contributed by atoms with van der Waals surface area (Å²) in [6.45, 7) is 2.73. The maximum Gasteiger partial charge on any atom is 0.251 e. The van der Waals surface area contributed by atoms with Crippen LogP contribution in [0.4, 0.5) is 11.6 Å². The van der Waals surface area contributed by atoms with Crippen molar-refractivity contribution in [2.24, 2.45) is 5.92 Å². The van der Waals surface area contributed by atoms with Gasteiger partial charge in [0.2, 0.25) is 0 Å². The van der Waals surface area contributed by atoms with Gasteiger partial charge in [0.25, 0.3) is 5.91 Å². The topological polar surface area (TPSA) is 90.4 Å². The van der Waals surface area contributed by atoms with Crippen molar-refractivity contribution >= 4 is 17.5 Å². The smallest absolute Gasteiger partial charge is 0.251 e. The van der Waals surface area contributed by atoms with E-state index in [0.29, 0.717) is 18.0 Å². The Kier molecular flexibility index (Phi) is 6.59. The normalized spacial score (nSPS) is 16.8. The van der Waals surface area contributed by atoms with Gasteiger partial charge in [0.15, 0.2) is 0 Å². The Labute approximate surface area is 159 Å². The first kappa shape index (κ1) is 19.1. The molecule has 7 nitrogen and oxygen atoms in total. The van der Waals surface area contributed by atoms with E-state index in [0.717, 1.165) is 49.6 Å². The molecule has 144 valence electrons. The van der Waals surface area contributed by atoms with Crippen molar-refractivity contribution in [3.8, 4) is 0 Å². The van der Waals surface area contributed by atoms with Crippen LogP contribution in [-0.2, 0) is 6.42 Å². The predicted molar refractivity (Wildman–Crippen MR) is 106 cm³/mol. The molecule has 1 amide bonds. The number of amides is 1. The van der Waals surface area contributed by atoms with E-state index < -0.39 is 0 Å². The van der Waals surface area contributed by atoms with E-state index in [4.69, 9.17) is 0 Å². The van der Waals surface area contributed by atoms with Gasteiger partial charge in [0.05, 0.1) is 0 Å². The van der Waals surface area contributed by atoms with E-state index in [9.17, 15) is 9.90 Å². The average molecular weight is 369 g/mol. The largest absolute Gasteiger partial charge is 0.396 e. The molecule has 3 rings (SSSR count). The summed E-state index contributed by atoms with van der Waals surface area (Å²) in [6, 6.07) is 9.60. The molecular weight excluding hydrogens is 342 g/mol. The Morgan fingerprint density at radius 2 is 2.22 bits per heavy atom. The molecule has 1 atom stereocenters. The van der Waals surface area contributed by atoms with Crippen molar-refractivity contribution in [1.29, 1.82) is 0 Å². The number of piperidine rings is 1. The third-order valence-electron chi connectivity index (χ3n) is 4.89. The van der Waals surface area contributed by atoms with Crippen molar-refractivity contribution in [3.63, 3.8) is 0 Å². The third-order valence-corrected chi connectivity index (χ3v) is 4.89. The zero-order chi connectivity index (χ0) is 19.1. The summed E-state index contributed by atoms with van der Waals surface area (Å²) in [6.07, 6.45) is 4.50. The minimum atomic E-state index is -0.0760. The van der Waals surface area contributed by atoms with Crippen molar-refractivity contribution in [2.75, 3.05) is 43.5 Å². The number of hydrogen-bond acceptors (Lipinski definition) is 6. The zero-order valence-corrected chi connectivity index (χ0v) is 15.7. The van der Waals surface area contributed by atoms with Crippen LogP contribution in [-0.4, -0.2) is 54.3 Å². The van der Waals surface area contributed by atoms with E-state index in [1.54, 1.807) is 13.4 Å². The molecule has 0 radical (unpaired) electrons. The Hall–Kier alpha value is -2.67. The number of aliphatic hydroxyl groups is 1. The molecule has 0 bridgehead atoms. The minimum absolute atomic E-state index is 0.0760. The first-order valence-corrected chi connectivity index (χ1v) is 9.42. The number of aromatic nitrogens is 2. The van der Waals surface area contributed by atoms with Crippen LogP contribution in [0.3, 0.4) is 0 Å². The van der Waals surface area contributed by atoms with Crippen LogP contribution in [0, 0.1) is 5.92 Å². The second-order valence-corrected chi connectivity index (χ2v) is 6.85. The van der Waals surface area contributed by atoms with Crippen molar-refractivity contribution < 1.29 is 9.90 Å². The van der Waals surface area contributed by atoms with Crippen LogP contribution < -0.4 is 15.5 Å². The van der Waals surface area contributed by atoms with Crippen LogP contribution in [0.1, 0.15) is 28.8 Å². The molecule has 0 aliphatic carbocycles. The molecule has 1 aromatic carbocycles. The second-order valence-electron chi connectivity index (χ2n) is 6.85. The monoisotopic (exact) mass is 369 g/mol. The number of aliphatic hydroxyl groups excluding tert-OH is 1. The molecule has 1 fully saturated rings. The maximum atomic E-state index is 11.7. The zero-order valence-electron chi connectivity index (χ0n) is 15.7. The predicted octanol–water partition coefficient (Wildman–Crippen LogP) is 1.70. The molecule has 1 unspecified atom stereocenters. The first-order chi connectivity index (χ1) is 13.2. The Morgan fingerprint density at radius 1 is 1.33 bits per heavy atom. The fourth-order valence-corrected chi connectivity index (χ4v) is 3.39. The van der Waals surface area contributed by atoms with Crippen LogP contribution in [0.5, 0.6) is 0 Å². The number of benzene rings is 1. The fourth-order valence-electron chi connectivity index (χ4n) is 3.39. The highest BCUT2D eigenvalue weighted by Crippen LogP contribution is 2.22. The molecular formula is C20H27N5O2. The Balaban J connectivity index is 1.57. The first-order valence-electron chi connectivity index (χ1n) is 9.42. The maximum absolute atomic E-state index is 11.7. The lowest BCUT2D eigenvalue weighted by molar-refractivity contribution is 0.0963. The van der Waals surface area contributed by atoms with Crippen molar-refractivity contribution in [1.82, 2.24) is 15.3 Å². The highest BCUT2D eigenvalue weighted by atomic mass is 16.3. The summed E-state index contributed by atoms with van der Waals surface area (Å²) in [4.78, 5) is 22.6. The highest BCUT2D eigenvalue weighted by Gasteiger charge is 2.20. The van der Waals surface area contributed by atoms with Crippen molar-refractivity contribution in [2.45, 2.75) is 19.3 Å². The standard InChI is InChI=1S/C20H27N5O2/c1-21-20(27)17-6-2-4-15(10-17)7-8-22-18-11-19(24-14-23-18)25-9-3-5-16(12-25)13-26/h2,4,6,10-11,14,16,26H,3,5,7-9,12-13H2,1H3,(H,21,27)(H,22,23,24). The number of nitrogens with one attached hydrogen (secondary N) is 2. The summed E-state index contributed by atoms with van der Waals surface area (Å²) >= 11 is 0. The molecule has 2 aromatic rings. The second kappa shape index (κ2) is 9.32. The van der Waals surface area contributed by atoms with Gasteiger partial charge in [-0.1, -0.05) is 12.1 Å². The molecule has 27 heavy (non-hydrogen) atoms. The van der Waals surface area contributed by atoms with Gasteiger partial charge in [-0.25, -0.2) is 9.97 Å². The van der Waals surface area contributed by atoms with Gasteiger partial charge in [-0.05, 0) is 42.9 Å². The van der Waals surface area contributed by atoms with Gasteiger partial charge in [0, 0.05) is 44.9 Å². The number of anilines is 2. The molecule has 1 aliphatic rings. The minimum Gasteiger partial charge on any atom is -0.396 e. The lowest BCUT2D eigenvalue weighted by atomic mass is 9.99. The van der Waals surface area contributed by atoms with Gasteiger partial charge < -0.3 is 20.6 Å². The van der Waals surface area contributed by atoms with E-state index in [1.165, 1.54) is 0 Å². The average Bonchev–Trinajstić information content (AvgIpc) is 2.73. The van der Waals surface area contributed by atoms with E-state index in [2.05, 4.69) is 25.5 Å². The number of hydrogen-bond donors (Lipinski definition) is 3. The summed E-state index contributed by atoms with van der Waals surface area (Å²) in [5, 5.41) is 15.4. The van der Waals surface area contributed by atoms with E-state index in [-0.39, 0.29) is 12.5 Å². The van der Waals surface area contributed by atoms with Crippen molar-refractivity contribution in [3.05, 3.63) is 47.8 Å². The van der Waals surface area contributed by atoms with Gasteiger partial charge >= 0.3 is 0 Å². The fraction of sp³-hybridized carbons (Fsp3) is 0.450. The van der Waals surface area contributed by atoms with Gasteiger partial charge in [0.1, 0.15) is 18.0 Å². The lowest BCUT2D eigenvalue weighted by Crippen LogP contribution is -2.37. The molecule has 3 N–H and O–H groups in total. The van der Waals surface area contributed by atoms with Gasteiger partial charge in [-0.3, -0.25) is 4.79 Å². The number of carbonyl (C=O) groups is 1. The van der Waals surface area contributed by atoms with E-state index >= 15 is 0 Å². The van der Waals surface area contributed by atoms with E-state index in [1.807, 2.05) is 30.3 Å². The number of carbonyl (C=O) groups excluding carboxylic acids is 1. The molecule has 1 aliphatic heterocycles. The molecule has 0 spiro atoms. The summed E-state index contributed by atoms with van der Waals surface area (Å²) in [7, 11) is 1.63. The Bertz CT molecular complexity index is 768. The van der Waals surface area contributed by atoms with Crippen LogP contribution in [0.2, 0.25) is 0 Å². The van der Waals surface area contributed by atoms with Gasteiger partial charge in [-0.2, -0.15) is 0 Å². The summed E-state index contributed by atoms with van der Waals surface area (Å²) < 4.78 is 0. The summed E-state index contributed by atoms with van der Waals surface area (Å²) in [5.41, 5.74) is 1.77. The lowest BCUT2D eigenvalue weighted by Gasteiger charge is -2.32. The molecule has 2 heterocycles. The van der Waals surface area contributed by atoms with Gasteiger partial charge in [-0.15, -0.1) is 0 Å². The Morgan fingerprint density at radius 3 is 3.04 bits per heavy atom. The molecule has 0 saturated carbocycles. The number of rotatable bonds is 7. The number of nitrogens with zero attached hydrogens (tertiary/aromatic N) is 3. The quantitative estimate of drug-likeness (QED) is 0.688. The summed E-state index contributed by atoms with van der Waals surface area (Å²) in [5.74, 6) is 1.92. The molecule has 7 heteroatoms. The SMILES string of the molecule is CNC(=O)c1cccc(CCNc2cc(N3CCCC(CO)C3)ncn2)c1. The molecule has 1 aromatic heterocycles. The van der Waals surface area contributed by atoms with Crippen LogP contribution in [0.15, 0.2) is 36.7 Å². The van der Waals surface area contributed by atoms with Crippen LogP contribution >= 0.6 is 0 Å². The highest BCUT2D eigenvalue weighted by molar-refractivity contribution is 5.94.